The Morgan fingerprint density at radius 2 is 1.26 bits per heavy atom. The van der Waals surface area contributed by atoms with Crippen molar-refractivity contribution < 1.29 is 9.90 Å². The maximum atomic E-state index is 11.5. The summed E-state index contributed by atoms with van der Waals surface area (Å²) in [4.78, 5) is 11.5. The van der Waals surface area contributed by atoms with Gasteiger partial charge in [0, 0.05) is 11.4 Å². The van der Waals surface area contributed by atoms with Gasteiger partial charge in [-0.15, -0.1) is 0 Å². The van der Waals surface area contributed by atoms with Crippen LogP contribution in [0, 0.1) is 0 Å². The average Bonchev–Trinajstić information content (AvgIpc) is 2.58. The quantitative estimate of drug-likeness (QED) is 0.629. The molecule has 0 radical (unpaired) electrons. The van der Waals surface area contributed by atoms with Gasteiger partial charge in [0.25, 0.3) is 0 Å². The first-order chi connectivity index (χ1) is 11.2. The van der Waals surface area contributed by atoms with E-state index in [1.165, 1.54) is 0 Å². The van der Waals surface area contributed by atoms with Crippen molar-refractivity contribution >= 4 is 28.7 Å². The van der Waals surface area contributed by atoms with Gasteiger partial charge in [-0.2, -0.15) is 0 Å². The lowest BCUT2D eigenvalue weighted by atomic mass is 10.1. The number of aromatic carboxylic acids is 1. The highest BCUT2D eigenvalue weighted by atomic mass is 16.4. The topological polar surface area (TPSA) is 61.4 Å². The van der Waals surface area contributed by atoms with Gasteiger partial charge >= 0.3 is 5.97 Å². The number of carboxylic acid groups (broad SMARTS) is 1. The predicted molar refractivity (Wildman–Crippen MR) is 92.9 cm³/mol. The Hall–Kier alpha value is -3.27. The summed E-state index contributed by atoms with van der Waals surface area (Å²) in [5.74, 6) is -0.972. The Morgan fingerprint density at radius 3 is 1.83 bits per heavy atom. The molecule has 0 aliphatic rings. The van der Waals surface area contributed by atoms with Gasteiger partial charge in [-0.25, -0.2) is 4.79 Å². The predicted octanol–water partition coefficient (Wildman–Crippen LogP) is 4.87. The van der Waals surface area contributed by atoms with E-state index < -0.39 is 5.97 Å². The number of nitrogens with one attached hydrogen (secondary N) is 2. The summed E-state index contributed by atoms with van der Waals surface area (Å²) < 4.78 is 0. The summed E-state index contributed by atoms with van der Waals surface area (Å²) in [6.07, 6.45) is 0. The monoisotopic (exact) mass is 304 g/mol. The minimum Gasteiger partial charge on any atom is -0.478 e. The lowest BCUT2D eigenvalue weighted by Gasteiger charge is -2.16. The van der Waals surface area contributed by atoms with Crippen molar-refractivity contribution in [1.29, 1.82) is 0 Å². The van der Waals surface area contributed by atoms with Crippen LogP contribution >= 0.6 is 0 Å². The largest absolute Gasteiger partial charge is 0.478 e. The van der Waals surface area contributed by atoms with Crippen LogP contribution in [0.4, 0.5) is 22.7 Å². The fraction of sp³-hybridized carbons (Fsp3) is 0. The lowest BCUT2D eigenvalue weighted by Crippen LogP contribution is -2.05. The van der Waals surface area contributed by atoms with E-state index in [0.29, 0.717) is 11.4 Å². The van der Waals surface area contributed by atoms with E-state index in [1.54, 1.807) is 12.1 Å². The zero-order valence-corrected chi connectivity index (χ0v) is 12.4. The molecule has 0 bridgehead atoms. The second kappa shape index (κ2) is 6.66. The second-order valence-corrected chi connectivity index (χ2v) is 5.02. The van der Waals surface area contributed by atoms with Crippen LogP contribution in [0.1, 0.15) is 10.4 Å². The van der Waals surface area contributed by atoms with Crippen molar-refractivity contribution in [3.63, 3.8) is 0 Å². The van der Waals surface area contributed by atoms with Gasteiger partial charge in [-0.3, -0.25) is 0 Å². The number of hydrogen-bond donors (Lipinski definition) is 3. The van der Waals surface area contributed by atoms with Gasteiger partial charge in [0.2, 0.25) is 0 Å². The van der Waals surface area contributed by atoms with Crippen molar-refractivity contribution in [2.75, 3.05) is 10.6 Å². The molecule has 0 fully saturated rings. The molecule has 3 aromatic rings. The zero-order chi connectivity index (χ0) is 16.1. The van der Waals surface area contributed by atoms with E-state index in [1.807, 2.05) is 66.7 Å². The van der Waals surface area contributed by atoms with Gasteiger partial charge in [0.15, 0.2) is 0 Å². The SMILES string of the molecule is O=C(O)c1cccc(Nc2ccccc2)c1Nc1ccccc1. The molecule has 4 heteroatoms. The number of para-hydroxylation sites is 3. The Kier molecular flexibility index (Phi) is 4.25. The fourth-order valence-electron chi connectivity index (χ4n) is 2.31. The van der Waals surface area contributed by atoms with Crippen LogP contribution in [0.25, 0.3) is 0 Å². The summed E-state index contributed by atoms with van der Waals surface area (Å²) in [6.45, 7) is 0. The Balaban J connectivity index is 2.01. The maximum absolute atomic E-state index is 11.5. The highest BCUT2D eigenvalue weighted by molar-refractivity contribution is 5.99. The van der Waals surface area contributed by atoms with Crippen molar-refractivity contribution in [3.8, 4) is 0 Å². The molecule has 0 aliphatic heterocycles. The number of rotatable bonds is 5. The Bertz CT molecular complexity index is 802. The molecule has 4 nitrogen and oxygen atoms in total. The number of carboxylic acids is 1. The van der Waals surface area contributed by atoms with E-state index in [0.717, 1.165) is 11.4 Å². The minimum absolute atomic E-state index is 0.217. The molecule has 0 saturated heterocycles. The lowest BCUT2D eigenvalue weighted by molar-refractivity contribution is 0.0698. The van der Waals surface area contributed by atoms with Crippen LogP contribution in [0.3, 0.4) is 0 Å². The van der Waals surface area contributed by atoms with Gasteiger partial charge in [-0.1, -0.05) is 42.5 Å². The van der Waals surface area contributed by atoms with Crippen molar-refractivity contribution in [1.82, 2.24) is 0 Å². The van der Waals surface area contributed by atoms with E-state index in [4.69, 9.17) is 0 Å². The first-order valence-electron chi connectivity index (χ1n) is 7.24. The van der Waals surface area contributed by atoms with E-state index in [2.05, 4.69) is 10.6 Å². The molecule has 3 N–H and O–H groups in total. The standard InChI is InChI=1S/C19H16N2O2/c22-19(23)16-12-7-13-17(20-14-8-3-1-4-9-14)18(16)21-15-10-5-2-6-11-15/h1-13,20-21H,(H,22,23). The minimum atomic E-state index is -0.972. The third-order valence-electron chi connectivity index (χ3n) is 3.39. The Morgan fingerprint density at radius 1 is 0.696 bits per heavy atom. The van der Waals surface area contributed by atoms with Crippen LogP contribution in [0.2, 0.25) is 0 Å². The van der Waals surface area contributed by atoms with Crippen molar-refractivity contribution in [3.05, 3.63) is 84.4 Å². The van der Waals surface area contributed by atoms with Gasteiger partial charge in [0.05, 0.1) is 16.9 Å². The molecule has 23 heavy (non-hydrogen) atoms. The summed E-state index contributed by atoms with van der Waals surface area (Å²) >= 11 is 0. The molecule has 114 valence electrons. The van der Waals surface area contributed by atoms with E-state index >= 15 is 0 Å². The summed E-state index contributed by atoms with van der Waals surface area (Å²) in [5, 5.41) is 15.9. The molecule has 0 heterocycles. The van der Waals surface area contributed by atoms with Crippen LogP contribution in [0.15, 0.2) is 78.9 Å². The molecule has 0 aromatic heterocycles. The molecule has 0 spiro atoms. The average molecular weight is 304 g/mol. The van der Waals surface area contributed by atoms with Gasteiger partial charge in [-0.05, 0) is 36.4 Å². The van der Waals surface area contributed by atoms with Gasteiger partial charge in [0.1, 0.15) is 0 Å². The first kappa shape index (κ1) is 14.7. The maximum Gasteiger partial charge on any atom is 0.337 e. The molecule has 0 amide bonds. The van der Waals surface area contributed by atoms with Crippen LogP contribution < -0.4 is 10.6 Å². The summed E-state index contributed by atoms with van der Waals surface area (Å²) in [6, 6.07) is 24.3. The molecule has 3 aromatic carbocycles. The molecule has 0 unspecified atom stereocenters. The van der Waals surface area contributed by atoms with E-state index in [9.17, 15) is 9.90 Å². The zero-order valence-electron chi connectivity index (χ0n) is 12.4. The van der Waals surface area contributed by atoms with Crippen LogP contribution in [0.5, 0.6) is 0 Å². The third kappa shape index (κ3) is 3.49. The molecule has 0 aliphatic carbocycles. The molecule has 0 saturated carbocycles. The molecular weight excluding hydrogens is 288 g/mol. The Labute approximate surface area is 134 Å². The van der Waals surface area contributed by atoms with Gasteiger partial charge < -0.3 is 15.7 Å². The number of benzene rings is 3. The second-order valence-electron chi connectivity index (χ2n) is 5.02. The first-order valence-corrected chi connectivity index (χ1v) is 7.24. The van der Waals surface area contributed by atoms with Crippen LogP contribution in [-0.2, 0) is 0 Å². The molecule has 0 atom stereocenters. The normalized spacial score (nSPS) is 10.1. The highest BCUT2D eigenvalue weighted by Crippen LogP contribution is 2.31. The summed E-state index contributed by atoms with van der Waals surface area (Å²) in [7, 11) is 0. The number of hydrogen-bond acceptors (Lipinski definition) is 3. The summed E-state index contributed by atoms with van der Waals surface area (Å²) in [5.41, 5.74) is 3.19. The highest BCUT2D eigenvalue weighted by Gasteiger charge is 2.14. The fourth-order valence-corrected chi connectivity index (χ4v) is 2.31. The number of anilines is 4. The molecular formula is C19H16N2O2. The van der Waals surface area contributed by atoms with Crippen molar-refractivity contribution in [2.45, 2.75) is 0 Å². The van der Waals surface area contributed by atoms with E-state index in [-0.39, 0.29) is 5.56 Å². The van der Waals surface area contributed by atoms with Crippen LogP contribution in [-0.4, -0.2) is 11.1 Å². The van der Waals surface area contributed by atoms with Crippen molar-refractivity contribution in [2.24, 2.45) is 0 Å². The number of carbonyl (C=O) groups is 1. The molecule has 3 rings (SSSR count). The third-order valence-corrected chi connectivity index (χ3v) is 3.39. The smallest absolute Gasteiger partial charge is 0.337 e.